The fraction of sp³-hybridized carbons (Fsp3) is 0.667. The summed E-state index contributed by atoms with van der Waals surface area (Å²) >= 11 is 6.95. The summed E-state index contributed by atoms with van der Waals surface area (Å²) in [4.78, 5) is 13.9. The summed E-state index contributed by atoms with van der Waals surface area (Å²) in [6.07, 6.45) is 0.243. The minimum absolute atomic E-state index is 0.243. The van der Waals surface area contributed by atoms with Gasteiger partial charge in [-0.3, -0.25) is 9.64 Å². The molecule has 2 atom stereocenters. The number of methoxy groups -OCH3 is 1. The molecule has 0 aromatic carbocycles. The summed E-state index contributed by atoms with van der Waals surface area (Å²) in [7, 11) is 1.29. The van der Waals surface area contributed by atoms with Crippen molar-refractivity contribution in [2.45, 2.75) is 19.3 Å². The number of halogens is 3. The van der Waals surface area contributed by atoms with Crippen LogP contribution < -0.4 is 0 Å². The Morgan fingerprint density at radius 2 is 2.00 bits per heavy atom. The highest BCUT2D eigenvalue weighted by Crippen LogP contribution is 2.16. The number of ether oxygens (including phenoxy) is 1. The molecule has 1 unspecified atom stereocenters. The summed E-state index contributed by atoms with van der Waals surface area (Å²) in [6, 6.07) is 1.06. The van der Waals surface area contributed by atoms with Crippen molar-refractivity contribution in [1.29, 1.82) is 5.26 Å². The average Bonchev–Trinajstić information content (AvgIpc) is 2.23. The van der Waals surface area contributed by atoms with E-state index in [0.717, 1.165) is -0.0619 Å². The Hall–Kier alpha value is 0.640. The van der Waals surface area contributed by atoms with Crippen LogP contribution in [0.4, 0.5) is 0 Å². The summed E-state index contributed by atoms with van der Waals surface area (Å²) in [5, 5.41) is 8.41. The lowest BCUT2D eigenvalue weighted by Gasteiger charge is -2.05. The van der Waals surface area contributed by atoms with Crippen LogP contribution in [0, 0.1) is 23.8 Å². The van der Waals surface area contributed by atoms with Gasteiger partial charge in [-0.05, 0) is 0 Å². The lowest BCUT2D eigenvalue weighted by Crippen LogP contribution is -2.17. The van der Waals surface area contributed by atoms with Crippen LogP contribution in [0.3, 0.4) is 0 Å². The number of hydrogen-bond acceptors (Lipinski definition) is 3. The molecule has 0 aliphatic heterocycles. The molecule has 0 amide bonds. The molecule has 0 aliphatic carbocycles. The molecule has 0 heterocycles. The van der Waals surface area contributed by atoms with E-state index in [0.29, 0.717) is 0 Å². The molecule has 0 aliphatic rings. The highest BCUT2D eigenvalue weighted by Gasteiger charge is 2.21. The zero-order chi connectivity index (χ0) is 13.1. The first-order valence-electron chi connectivity index (χ1n) is 4.15. The fourth-order valence-electron chi connectivity index (χ4n) is 0.767. The monoisotopic (exact) mass is 560 g/mol. The van der Waals surface area contributed by atoms with E-state index >= 15 is 0 Å². The number of carbonyl (C=O) groups is 1. The lowest BCUT2D eigenvalue weighted by atomic mass is 10.0. The molecule has 7 heteroatoms. The van der Waals surface area contributed by atoms with Gasteiger partial charge in [0.25, 0.3) is 0 Å². The highest BCUT2D eigenvalue weighted by atomic mass is 127. The predicted molar refractivity (Wildman–Crippen MR) is 87.6 cm³/mol. The van der Waals surface area contributed by atoms with E-state index in [1.165, 1.54) is 7.11 Å². The van der Waals surface area contributed by atoms with Crippen molar-refractivity contribution in [3.63, 3.8) is 0 Å². The van der Waals surface area contributed by atoms with E-state index in [1.54, 1.807) is 13.0 Å². The van der Waals surface area contributed by atoms with Crippen LogP contribution in [0.25, 0.3) is 4.85 Å². The summed E-state index contributed by atoms with van der Waals surface area (Å²) in [6.45, 7) is 8.24. The second kappa shape index (κ2) is 12.1. The number of esters is 1. The van der Waals surface area contributed by atoms with Gasteiger partial charge >= 0.3 is 12.0 Å². The fourth-order valence-corrected chi connectivity index (χ4v) is 0.767. The first-order valence-corrected chi connectivity index (χ1v) is 7.88. The zero-order valence-corrected chi connectivity index (χ0v) is 15.3. The van der Waals surface area contributed by atoms with Crippen molar-refractivity contribution >= 4 is 73.7 Å². The van der Waals surface area contributed by atoms with Crippen LogP contribution in [-0.2, 0) is 9.53 Å². The highest BCUT2D eigenvalue weighted by molar-refractivity contribution is 14.3. The van der Waals surface area contributed by atoms with Crippen molar-refractivity contribution in [2.24, 2.45) is 5.92 Å². The molecule has 0 rings (SSSR count). The SMILES string of the molecule is IC(I)I.[C-]#[N+]C(C#N)C[C@H](C)C(=O)OC. The summed E-state index contributed by atoms with van der Waals surface area (Å²) in [5.74, 6) is -0.757. The van der Waals surface area contributed by atoms with Crippen molar-refractivity contribution < 1.29 is 9.53 Å². The van der Waals surface area contributed by atoms with E-state index in [9.17, 15) is 4.79 Å². The Kier molecular flexibility index (Phi) is 14.4. The Bertz CT molecular complexity index is 267. The smallest absolute Gasteiger partial charge is 0.308 e. The van der Waals surface area contributed by atoms with Crippen LogP contribution >= 0.6 is 67.8 Å². The second-order valence-corrected chi connectivity index (χ2v) is 13.6. The predicted octanol–water partition coefficient (Wildman–Crippen LogP) is 3.57. The molecule has 0 radical (unpaired) electrons. The van der Waals surface area contributed by atoms with E-state index in [-0.39, 0.29) is 18.3 Å². The molecular formula is C9H11I3N2O2. The first-order chi connectivity index (χ1) is 7.38. The maximum absolute atomic E-state index is 10.8. The van der Waals surface area contributed by atoms with Gasteiger partial charge in [-0.15, -0.1) is 0 Å². The number of nitriles is 1. The first kappa shape index (κ1) is 19.0. The minimum atomic E-state index is -0.737. The maximum Gasteiger partial charge on any atom is 0.308 e. The quantitative estimate of drug-likeness (QED) is 0.230. The van der Waals surface area contributed by atoms with E-state index < -0.39 is 6.04 Å². The second-order valence-electron chi connectivity index (χ2n) is 2.68. The molecule has 0 N–H and O–H groups in total. The summed E-state index contributed by atoms with van der Waals surface area (Å²) in [5.41, 5.74) is 0. The van der Waals surface area contributed by atoms with Crippen molar-refractivity contribution in [2.75, 3.05) is 7.11 Å². The summed E-state index contributed by atoms with van der Waals surface area (Å²) < 4.78 is 5.19. The maximum atomic E-state index is 10.8. The Morgan fingerprint density at radius 1 is 1.56 bits per heavy atom. The normalized spacial score (nSPS) is 12.5. The van der Waals surface area contributed by atoms with Gasteiger partial charge in [0.05, 0.1) is 19.4 Å². The molecule has 0 fully saturated rings. The topological polar surface area (TPSA) is 54.5 Å². The molecule has 0 saturated heterocycles. The van der Waals surface area contributed by atoms with Gasteiger partial charge in [-0.25, -0.2) is 6.57 Å². The Morgan fingerprint density at radius 3 is 2.25 bits per heavy atom. The van der Waals surface area contributed by atoms with Gasteiger partial charge in [0.1, 0.15) is -0.0619 Å². The number of hydrogen-bond donors (Lipinski definition) is 0. The molecule has 16 heavy (non-hydrogen) atoms. The van der Waals surface area contributed by atoms with Gasteiger partial charge in [-0.1, -0.05) is 74.7 Å². The third-order valence-electron chi connectivity index (χ3n) is 1.49. The van der Waals surface area contributed by atoms with Gasteiger partial charge in [0, 0.05) is 0 Å². The van der Waals surface area contributed by atoms with E-state index in [4.69, 9.17) is 11.8 Å². The molecule has 0 aromatic heterocycles. The van der Waals surface area contributed by atoms with E-state index in [2.05, 4.69) is 77.4 Å². The molecular weight excluding hydrogens is 549 g/mol. The largest absolute Gasteiger partial charge is 0.469 e. The number of carbonyl (C=O) groups excluding carboxylic acids is 1. The molecule has 0 spiro atoms. The Labute approximate surface area is 137 Å². The number of alkyl halides is 3. The van der Waals surface area contributed by atoms with Gasteiger partial charge in [0.2, 0.25) is 0 Å². The lowest BCUT2D eigenvalue weighted by molar-refractivity contribution is -0.145. The van der Waals surface area contributed by atoms with Crippen molar-refractivity contribution in [1.82, 2.24) is 0 Å². The molecule has 0 aromatic rings. The van der Waals surface area contributed by atoms with Gasteiger partial charge < -0.3 is 4.74 Å². The molecule has 90 valence electrons. The van der Waals surface area contributed by atoms with Crippen LogP contribution in [0.15, 0.2) is 0 Å². The Balaban J connectivity index is 0. The van der Waals surface area contributed by atoms with Gasteiger partial charge in [-0.2, -0.15) is 5.26 Å². The number of nitrogens with zero attached hydrogens (tertiary/aromatic N) is 2. The third-order valence-corrected chi connectivity index (χ3v) is 1.49. The van der Waals surface area contributed by atoms with Crippen LogP contribution in [-0.4, -0.2) is 19.1 Å². The molecule has 0 bridgehead atoms. The zero-order valence-electron chi connectivity index (χ0n) is 8.78. The standard InChI is InChI=1S/C8H10N2O2.CHI3/c1-6(8(11)12-3)4-7(5-9)10-2;2-1(3)4/h6-7H,4H2,1,3H3;1H/t6-,7?;/m0./s1. The van der Waals surface area contributed by atoms with Crippen LogP contribution in [0.2, 0.25) is 0 Å². The minimum Gasteiger partial charge on any atom is -0.469 e. The van der Waals surface area contributed by atoms with Crippen molar-refractivity contribution in [3.8, 4) is 6.07 Å². The number of rotatable bonds is 3. The van der Waals surface area contributed by atoms with E-state index in [1.807, 2.05) is 0 Å². The molecule has 4 nitrogen and oxygen atoms in total. The van der Waals surface area contributed by atoms with Gasteiger partial charge in [0.15, 0.2) is 6.07 Å². The average molecular weight is 560 g/mol. The van der Waals surface area contributed by atoms with Crippen molar-refractivity contribution in [3.05, 3.63) is 11.4 Å². The third kappa shape index (κ3) is 12.7. The molecule has 0 saturated carbocycles. The van der Waals surface area contributed by atoms with Crippen LogP contribution in [0.1, 0.15) is 13.3 Å². The van der Waals surface area contributed by atoms with Crippen LogP contribution in [0.5, 0.6) is 0 Å².